The molecule has 0 saturated heterocycles. The van der Waals surface area contributed by atoms with E-state index in [4.69, 9.17) is 0 Å². The van der Waals surface area contributed by atoms with E-state index in [1.54, 1.807) is 23.1 Å². The lowest BCUT2D eigenvalue weighted by Gasteiger charge is -2.22. The Bertz CT molecular complexity index is 599. The van der Waals surface area contributed by atoms with Crippen LogP contribution in [0.15, 0.2) is 24.7 Å². The summed E-state index contributed by atoms with van der Waals surface area (Å²) in [7, 11) is 1.94. The minimum atomic E-state index is -0.123. The highest BCUT2D eigenvalue weighted by atomic mass is 16.2. The van der Waals surface area contributed by atoms with Gasteiger partial charge < -0.3 is 9.88 Å². The number of aryl methyl sites for hydroxylation is 2. The summed E-state index contributed by atoms with van der Waals surface area (Å²) in [5, 5.41) is 7.27. The van der Waals surface area contributed by atoms with E-state index in [9.17, 15) is 4.79 Å². The topological polar surface area (TPSA) is 64.7 Å². The summed E-state index contributed by atoms with van der Waals surface area (Å²) < 4.78 is 3.68. The van der Waals surface area contributed by atoms with Gasteiger partial charge in [-0.05, 0) is 18.4 Å². The van der Waals surface area contributed by atoms with Crippen molar-refractivity contribution in [2.24, 2.45) is 13.0 Å². The Morgan fingerprint density at radius 2 is 2.14 bits per heavy atom. The van der Waals surface area contributed by atoms with Crippen molar-refractivity contribution < 1.29 is 4.79 Å². The number of nitrogens with zero attached hydrogens (tertiary/aromatic N) is 4. The number of nitrogens with one attached hydrogen (secondary N) is 1. The standard InChI is InChI=1S/C15H23N5O/c1-5-9-20-12(6-7-17-20)15(21)18-13(11(2)3)14-16-8-10-19(14)4/h6-8,10-11,13H,5,9H2,1-4H3,(H,18,21)/t13-/m1/s1. The van der Waals surface area contributed by atoms with Crippen molar-refractivity contribution in [2.45, 2.75) is 39.8 Å². The van der Waals surface area contributed by atoms with Crippen LogP contribution < -0.4 is 5.32 Å². The average Bonchev–Trinajstić information content (AvgIpc) is 3.05. The lowest BCUT2D eigenvalue weighted by atomic mass is 10.0. The lowest BCUT2D eigenvalue weighted by Crippen LogP contribution is -2.34. The third-order valence-electron chi connectivity index (χ3n) is 3.47. The molecule has 2 aromatic rings. The first-order valence-electron chi connectivity index (χ1n) is 7.34. The van der Waals surface area contributed by atoms with Crippen molar-refractivity contribution in [2.75, 3.05) is 0 Å². The van der Waals surface area contributed by atoms with Crippen molar-refractivity contribution in [3.63, 3.8) is 0 Å². The molecular formula is C15H23N5O. The highest BCUT2D eigenvalue weighted by molar-refractivity contribution is 5.92. The molecule has 0 unspecified atom stereocenters. The van der Waals surface area contributed by atoms with Crippen LogP contribution in [0.3, 0.4) is 0 Å². The minimum Gasteiger partial charge on any atom is -0.340 e. The SMILES string of the molecule is CCCn1nccc1C(=O)N[C@@H](c1nccn1C)C(C)C. The molecule has 0 aliphatic carbocycles. The Morgan fingerprint density at radius 3 is 2.71 bits per heavy atom. The second-order valence-corrected chi connectivity index (χ2v) is 5.53. The van der Waals surface area contributed by atoms with Crippen LogP contribution in [0, 0.1) is 5.92 Å². The Balaban J connectivity index is 2.19. The summed E-state index contributed by atoms with van der Waals surface area (Å²) in [6, 6.07) is 1.63. The number of imidazole rings is 1. The van der Waals surface area contributed by atoms with Gasteiger partial charge in [-0.25, -0.2) is 4.98 Å². The first-order chi connectivity index (χ1) is 10.0. The number of hydrogen-bond donors (Lipinski definition) is 1. The number of amides is 1. The quantitative estimate of drug-likeness (QED) is 0.886. The smallest absolute Gasteiger partial charge is 0.270 e. The van der Waals surface area contributed by atoms with Gasteiger partial charge in [-0.2, -0.15) is 5.10 Å². The summed E-state index contributed by atoms with van der Waals surface area (Å²) in [6.45, 7) is 6.95. The molecule has 0 fully saturated rings. The molecule has 0 aliphatic heterocycles. The van der Waals surface area contributed by atoms with Crippen LogP contribution >= 0.6 is 0 Å². The molecule has 21 heavy (non-hydrogen) atoms. The van der Waals surface area contributed by atoms with Gasteiger partial charge in [0, 0.05) is 32.2 Å². The van der Waals surface area contributed by atoms with E-state index in [-0.39, 0.29) is 17.9 Å². The molecule has 1 atom stereocenters. The van der Waals surface area contributed by atoms with E-state index in [0.29, 0.717) is 5.69 Å². The summed E-state index contributed by atoms with van der Waals surface area (Å²) >= 11 is 0. The van der Waals surface area contributed by atoms with Crippen LogP contribution in [0.2, 0.25) is 0 Å². The van der Waals surface area contributed by atoms with Crippen molar-refractivity contribution in [3.8, 4) is 0 Å². The Labute approximate surface area is 125 Å². The van der Waals surface area contributed by atoms with Crippen molar-refractivity contribution in [3.05, 3.63) is 36.2 Å². The van der Waals surface area contributed by atoms with E-state index in [1.807, 2.05) is 17.8 Å². The van der Waals surface area contributed by atoms with Gasteiger partial charge in [0.15, 0.2) is 0 Å². The van der Waals surface area contributed by atoms with E-state index >= 15 is 0 Å². The third-order valence-corrected chi connectivity index (χ3v) is 3.47. The fourth-order valence-corrected chi connectivity index (χ4v) is 2.34. The second kappa shape index (κ2) is 6.56. The molecule has 0 saturated carbocycles. The maximum atomic E-state index is 12.5. The van der Waals surface area contributed by atoms with Gasteiger partial charge in [-0.3, -0.25) is 9.48 Å². The van der Waals surface area contributed by atoms with Gasteiger partial charge in [-0.15, -0.1) is 0 Å². The van der Waals surface area contributed by atoms with Gasteiger partial charge in [0.2, 0.25) is 0 Å². The summed E-state index contributed by atoms with van der Waals surface area (Å²) in [4.78, 5) is 16.9. The van der Waals surface area contributed by atoms with Gasteiger partial charge >= 0.3 is 0 Å². The van der Waals surface area contributed by atoms with Gasteiger partial charge in [0.1, 0.15) is 11.5 Å². The molecule has 2 rings (SSSR count). The zero-order valence-corrected chi connectivity index (χ0v) is 13.1. The first kappa shape index (κ1) is 15.3. The monoisotopic (exact) mass is 289 g/mol. The van der Waals surface area contributed by atoms with E-state index < -0.39 is 0 Å². The normalized spacial score (nSPS) is 12.6. The first-order valence-corrected chi connectivity index (χ1v) is 7.34. The van der Waals surface area contributed by atoms with E-state index in [2.05, 4.69) is 36.2 Å². The molecule has 0 bridgehead atoms. The van der Waals surface area contributed by atoms with Crippen LogP contribution in [-0.4, -0.2) is 25.2 Å². The molecule has 0 aliphatic rings. The lowest BCUT2D eigenvalue weighted by molar-refractivity contribution is 0.0911. The molecule has 2 aromatic heterocycles. The molecule has 6 heteroatoms. The van der Waals surface area contributed by atoms with Gasteiger partial charge in [-0.1, -0.05) is 20.8 Å². The molecule has 114 valence electrons. The van der Waals surface area contributed by atoms with Crippen molar-refractivity contribution in [1.29, 1.82) is 0 Å². The van der Waals surface area contributed by atoms with Crippen molar-refractivity contribution in [1.82, 2.24) is 24.6 Å². The maximum absolute atomic E-state index is 12.5. The largest absolute Gasteiger partial charge is 0.340 e. The Kier molecular flexibility index (Phi) is 4.77. The molecule has 0 aromatic carbocycles. The zero-order valence-electron chi connectivity index (χ0n) is 13.1. The van der Waals surface area contributed by atoms with Crippen LogP contribution in [0.5, 0.6) is 0 Å². The summed E-state index contributed by atoms with van der Waals surface area (Å²) in [5.41, 5.74) is 0.594. The van der Waals surface area contributed by atoms with Crippen LogP contribution in [0.25, 0.3) is 0 Å². The molecule has 1 N–H and O–H groups in total. The average molecular weight is 289 g/mol. The molecule has 1 amide bonds. The predicted octanol–water partition coefficient (Wildman–Crippen LogP) is 2.15. The third kappa shape index (κ3) is 3.32. The summed E-state index contributed by atoms with van der Waals surface area (Å²) in [6.07, 6.45) is 6.24. The fraction of sp³-hybridized carbons (Fsp3) is 0.533. The van der Waals surface area contributed by atoms with Crippen LogP contribution in [0.1, 0.15) is 49.5 Å². The molecular weight excluding hydrogens is 266 g/mol. The number of rotatable bonds is 6. The van der Waals surface area contributed by atoms with Gasteiger partial charge in [0.05, 0.1) is 6.04 Å². The van der Waals surface area contributed by atoms with Crippen LogP contribution in [-0.2, 0) is 13.6 Å². The molecule has 6 nitrogen and oxygen atoms in total. The number of carbonyl (C=O) groups excluding carboxylic acids is 1. The number of carbonyl (C=O) groups is 1. The number of aromatic nitrogens is 4. The maximum Gasteiger partial charge on any atom is 0.270 e. The minimum absolute atomic E-state index is 0.109. The molecule has 0 spiro atoms. The van der Waals surface area contributed by atoms with Crippen LogP contribution in [0.4, 0.5) is 0 Å². The van der Waals surface area contributed by atoms with E-state index in [1.165, 1.54) is 0 Å². The predicted molar refractivity (Wildman–Crippen MR) is 80.8 cm³/mol. The fourth-order valence-electron chi connectivity index (χ4n) is 2.34. The number of hydrogen-bond acceptors (Lipinski definition) is 3. The highest BCUT2D eigenvalue weighted by Crippen LogP contribution is 2.20. The molecule has 0 radical (unpaired) electrons. The highest BCUT2D eigenvalue weighted by Gasteiger charge is 2.23. The van der Waals surface area contributed by atoms with Crippen molar-refractivity contribution >= 4 is 5.91 Å². The second-order valence-electron chi connectivity index (χ2n) is 5.53. The van der Waals surface area contributed by atoms with E-state index in [0.717, 1.165) is 18.8 Å². The van der Waals surface area contributed by atoms with Gasteiger partial charge in [0.25, 0.3) is 5.91 Å². The zero-order chi connectivity index (χ0) is 15.4. The Hall–Kier alpha value is -2.11. The summed E-state index contributed by atoms with van der Waals surface area (Å²) in [5.74, 6) is 1.00. The molecule has 2 heterocycles. The Morgan fingerprint density at radius 1 is 1.38 bits per heavy atom.